The number of aliphatic imine (C=N–C) groups is 1. The van der Waals surface area contributed by atoms with E-state index < -0.39 is 5.92 Å². The molecule has 2 heterocycles. The summed E-state index contributed by atoms with van der Waals surface area (Å²) >= 11 is 0. The summed E-state index contributed by atoms with van der Waals surface area (Å²) in [6.07, 6.45) is 4.62. The number of benzene rings is 1. The van der Waals surface area contributed by atoms with Crippen LogP contribution in [0, 0.1) is 5.41 Å². The molecule has 0 aliphatic carbocycles. The number of alkyl halides is 2. The first-order valence-corrected chi connectivity index (χ1v) is 11.1. The highest BCUT2D eigenvalue weighted by molar-refractivity contribution is 6.12. The second-order valence-corrected chi connectivity index (χ2v) is 10.2. The van der Waals surface area contributed by atoms with E-state index in [0.717, 1.165) is 23.4 Å². The molecule has 1 fully saturated rings. The van der Waals surface area contributed by atoms with Crippen LogP contribution in [0.1, 0.15) is 44.7 Å². The van der Waals surface area contributed by atoms with Crippen molar-refractivity contribution in [3.05, 3.63) is 41.5 Å². The Kier molecular flexibility index (Phi) is 7.18. The van der Waals surface area contributed by atoms with E-state index in [4.69, 9.17) is 10.7 Å². The van der Waals surface area contributed by atoms with Crippen molar-refractivity contribution in [2.75, 3.05) is 39.5 Å². The molecule has 2 aliphatic rings. The monoisotopic (exact) mass is 433 g/mol. The minimum absolute atomic E-state index is 0.0195. The Hall–Kier alpha value is -1.83. The van der Waals surface area contributed by atoms with E-state index in [-0.39, 0.29) is 30.6 Å². The third-order valence-corrected chi connectivity index (χ3v) is 5.85. The quantitative estimate of drug-likeness (QED) is 0.671. The van der Waals surface area contributed by atoms with Gasteiger partial charge in [0.05, 0.1) is 18.3 Å². The van der Waals surface area contributed by atoms with Crippen LogP contribution in [0.2, 0.25) is 0 Å². The number of halogens is 2. The predicted molar refractivity (Wildman–Crippen MR) is 125 cm³/mol. The third kappa shape index (κ3) is 6.34. The van der Waals surface area contributed by atoms with Gasteiger partial charge in [-0.3, -0.25) is 20.1 Å². The largest absolute Gasteiger partial charge is 0.398 e. The van der Waals surface area contributed by atoms with Gasteiger partial charge in [0.25, 0.3) is 5.92 Å². The molecule has 1 aromatic rings. The fourth-order valence-corrected chi connectivity index (χ4v) is 4.56. The molecule has 0 amide bonds. The number of anilines is 1. The first-order valence-electron chi connectivity index (χ1n) is 11.1. The highest BCUT2D eigenvalue weighted by Crippen LogP contribution is 2.28. The lowest BCUT2D eigenvalue weighted by Gasteiger charge is -2.36. The van der Waals surface area contributed by atoms with E-state index in [1.165, 1.54) is 0 Å². The lowest BCUT2D eigenvalue weighted by molar-refractivity contribution is -0.0661. The number of allylic oxidation sites excluding steroid dienone is 1. The number of nitrogens with zero attached hydrogens (tertiary/aromatic N) is 3. The number of hydrogen-bond acceptors (Lipinski definition) is 5. The van der Waals surface area contributed by atoms with Crippen LogP contribution in [-0.2, 0) is 6.54 Å². The Bertz CT molecular complexity index is 828. The predicted octanol–water partition coefficient (Wildman–Crippen LogP) is 3.75. The van der Waals surface area contributed by atoms with Gasteiger partial charge < -0.3 is 5.73 Å². The molecule has 172 valence electrons. The zero-order chi connectivity index (χ0) is 22.8. The van der Waals surface area contributed by atoms with E-state index in [1.807, 2.05) is 36.2 Å². The number of dihydropyridines is 1. The van der Waals surface area contributed by atoms with Crippen molar-refractivity contribution in [1.82, 2.24) is 15.1 Å². The summed E-state index contributed by atoms with van der Waals surface area (Å²) in [5.41, 5.74) is 9.77. The van der Waals surface area contributed by atoms with E-state index in [0.29, 0.717) is 25.2 Å². The Morgan fingerprint density at radius 1 is 1.32 bits per heavy atom. The molecule has 7 heteroatoms. The maximum atomic E-state index is 13.8. The molecule has 3 rings (SSSR count). The highest BCUT2D eigenvalue weighted by Gasteiger charge is 2.35. The topological polar surface area (TPSA) is 56.9 Å². The zero-order valence-electron chi connectivity index (χ0n) is 19.5. The van der Waals surface area contributed by atoms with E-state index in [9.17, 15) is 8.78 Å². The number of nitrogens with two attached hydrogens (primary N) is 1. The van der Waals surface area contributed by atoms with Crippen LogP contribution in [0.15, 0.2) is 35.3 Å². The number of nitrogen functional groups attached to an aromatic ring is 1. The third-order valence-electron chi connectivity index (χ3n) is 5.85. The van der Waals surface area contributed by atoms with Crippen LogP contribution in [0.25, 0.3) is 0 Å². The van der Waals surface area contributed by atoms with Gasteiger partial charge in [-0.2, -0.15) is 0 Å². The molecule has 2 atom stereocenters. The van der Waals surface area contributed by atoms with Gasteiger partial charge in [0.2, 0.25) is 0 Å². The smallest absolute Gasteiger partial charge is 0.260 e. The molecule has 0 aromatic heterocycles. The molecule has 0 saturated carbocycles. The minimum atomic E-state index is -2.60. The Balaban J connectivity index is 1.78. The van der Waals surface area contributed by atoms with Crippen molar-refractivity contribution in [1.29, 1.82) is 0 Å². The number of likely N-dealkylation sites (N-methyl/N-ethyl adjacent to an activating group) is 2. The highest BCUT2D eigenvalue weighted by atomic mass is 19.3. The summed E-state index contributed by atoms with van der Waals surface area (Å²) in [5.74, 6) is -2.60. The van der Waals surface area contributed by atoms with Crippen molar-refractivity contribution in [3.63, 3.8) is 0 Å². The van der Waals surface area contributed by atoms with Gasteiger partial charge in [-0.25, -0.2) is 8.78 Å². The second-order valence-electron chi connectivity index (χ2n) is 10.2. The number of rotatable bonds is 6. The van der Waals surface area contributed by atoms with Crippen LogP contribution in [0.4, 0.5) is 14.5 Å². The molecular weight excluding hydrogens is 396 g/mol. The SMILES string of the molecule is CNC1N=C(c2cc(CN3CCCC(F)(F)C3)ccc2N)C=CC1N(C)CC(C)(C)C. The lowest BCUT2D eigenvalue weighted by atomic mass is 9.94. The van der Waals surface area contributed by atoms with E-state index >= 15 is 0 Å². The number of hydrogen-bond donors (Lipinski definition) is 2. The van der Waals surface area contributed by atoms with Gasteiger partial charge in [0.1, 0.15) is 6.17 Å². The summed E-state index contributed by atoms with van der Waals surface area (Å²) in [6, 6.07) is 5.92. The Morgan fingerprint density at radius 2 is 2.06 bits per heavy atom. The van der Waals surface area contributed by atoms with Crippen LogP contribution in [-0.4, -0.2) is 67.4 Å². The molecule has 0 spiro atoms. The minimum Gasteiger partial charge on any atom is -0.398 e. The van der Waals surface area contributed by atoms with Gasteiger partial charge in [0.15, 0.2) is 0 Å². The molecule has 0 bridgehead atoms. The number of piperidine rings is 1. The molecule has 2 aliphatic heterocycles. The first kappa shape index (κ1) is 23.8. The van der Waals surface area contributed by atoms with Gasteiger partial charge in [-0.05, 0) is 56.2 Å². The number of likely N-dealkylation sites (tertiary alicyclic amines) is 1. The van der Waals surface area contributed by atoms with Gasteiger partial charge >= 0.3 is 0 Å². The van der Waals surface area contributed by atoms with E-state index in [1.54, 1.807) is 0 Å². The van der Waals surface area contributed by atoms with Gasteiger partial charge in [0, 0.05) is 30.8 Å². The maximum Gasteiger partial charge on any atom is 0.260 e. The zero-order valence-corrected chi connectivity index (χ0v) is 19.5. The van der Waals surface area contributed by atoms with Crippen molar-refractivity contribution in [2.45, 2.75) is 58.3 Å². The molecule has 5 nitrogen and oxygen atoms in total. The molecule has 1 saturated heterocycles. The summed E-state index contributed by atoms with van der Waals surface area (Å²) in [5, 5.41) is 3.32. The molecule has 0 radical (unpaired) electrons. The summed E-state index contributed by atoms with van der Waals surface area (Å²) in [7, 11) is 4.04. The van der Waals surface area contributed by atoms with Gasteiger partial charge in [-0.1, -0.05) is 32.9 Å². The fourth-order valence-electron chi connectivity index (χ4n) is 4.56. The Morgan fingerprint density at radius 3 is 2.71 bits per heavy atom. The van der Waals surface area contributed by atoms with Crippen LogP contribution in [0.3, 0.4) is 0 Å². The summed E-state index contributed by atoms with van der Waals surface area (Å²) in [4.78, 5) is 9.08. The van der Waals surface area contributed by atoms with E-state index in [2.05, 4.69) is 44.1 Å². The first-order chi connectivity index (χ1) is 14.5. The molecular formula is C24H37F2N5. The lowest BCUT2D eigenvalue weighted by Crippen LogP contribution is -2.49. The van der Waals surface area contributed by atoms with Crippen LogP contribution < -0.4 is 11.1 Å². The van der Waals surface area contributed by atoms with Crippen molar-refractivity contribution < 1.29 is 8.78 Å². The molecule has 2 unspecified atom stereocenters. The molecule has 31 heavy (non-hydrogen) atoms. The fraction of sp³-hybridized carbons (Fsp3) is 0.625. The van der Waals surface area contributed by atoms with Crippen molar-refractivity contribution in [2.24, 2.45) is 10.4 Å². The average Bonchev–Trinajstić information content (AvgIpc) is 2.67. The average molecular weight is 434 g/mol. The van der Waals surface area contributed by atoms with Crippen LogP contribution >= 0.6 is 0 Å². The normalized spacial score (nSPS) is 24.5. The standard InChI is InChI=1S/C24H37F2N5/c1-23(2,3)15-30(5)21-10-9-20(29-22(21)28-4)18-13-17(7-8-19(18)27)14-31-12-6-11-24(25,26)16-31/h7-10,13,21-22,28H,6,11-12,14-16,27H2,1-5H3. The number of nitrogens with one attached hydrogen (secondary N) is 1. The van der Waals surface area contributed by atoms with Crippen LogP contribution in [0.5, 0.6) is 0 Å². The van der Waals surface area contributed by atoms with Crippen molar-refractivity contribution in [3.8, 4) is 0 Å². The molecule has 3 N–H and O–H groups in total. The van der Waals surface area contributed by atoms with Gasteiger partial charge in [-0.15, -0.1) is 0 Å². The second kappa shape index (κ2) is 9.35. The summed E-state index contributed by atoms with van der Waals surface area (Å²) in [6.45, 7) is 8.63. The molecule has 1 aromatic carbocycles. The van der Waals surface area contributed by atoms with Crippen molar-refractivity contribution >= 4 is 11.4 Å². The Labute approximate surface area is 185 Å². The maximum absolute atomic E-state index is 13.8. The summed E-state index contributed by atoms with van der Waals surface area (Å²) < 4.78 is 27.6.